The van der Waals surface area contributed by atoms with E-state index in [1.54, 1.807) is 18.2 Å². The molecular weight excluding hydrogens is 392 g/mol. The van der Waals surface area contributed by atoms with Crippen molar-refractivity contribution in [2.75, 3.05) is 0 Å². The smallest absolute Gasteiger partial charge is 0.306 e. The summed E-state index contributed by atoms with van der Waals surface area (Å²) in [5, 5.41) is 9.89. The molecule has 0 saturated heterocycles. The van der Waals surface area contributed by atoms with Gasteiger partial charge in [-0.05, 0) is 48.6 Å². The Bertz CT molecular complexity index is 1140. The van der Waals surface area contributed by atoms with Gasteiger partial charge in [-0.15, -0.1) is 0 Å². The standard InChI is InChI=1S/C23H21ClO5/c1-12(2)13-6-7-17(20(10-13)28-15-8-14(9-15)23(26)27)21-11-19(25)16-4-3-5-18(24)22(16)29-21/h3-7,10-12,14-15H,8-9H2,1-2H3,(H,26,27)/t14-,15+. The molecule has 0 spiro atoms. The number of hydrogen-bond acceptors (Lipinski definition) is 4. The number of para-hydroxylation sites is 1. The van der Waals surface area contributed by atoms with Crippen LogP contribution in [-0.4, -0.2) is 17.2 Å². The van der Waals surface area contributed by atoms with Crippen LogP contribution in [0.5, 0.6) is 5.75 Å². The van der Waals surface area contributed by atoms with Crippen LogP contribution in [0, 0.1) is 5.92 Å². The van der Waals surface area contributed by atoms with Crippen molar-refractivity contribution in [3.8, 4) is 17.1 Å². The quantitative estimate of drug-likeness (QED) is 0.600. The van der Waals surface area contributed by atoms with Gasteiger partial charge < -0.3 is 14.3 Å². The van der Waals surface area contributed by atoms with Gasteiger partial charge >= 0.3 is 5.97 Å². The highest BCUT2D eigenvalue weighted by molar-refractivity contribution is 6.34. The Morgan fingerprint density at radius 1 is 1.21 bits per heavy atom. The van der Waals surface area contributed by atoms with Crippen LogP contribution in [0.2, 0.25) is 5.02 Å². The van der Waals surface area contributed by atoms with Gasteiger partial charge in [0.2, 0.25) is 0 Å². The Morgan fingerprint density at radius 2 is 1.97 bits per heavy atom. The normalized spacial score (nSPS) is 18.6. The van der Waals surface area contributed by atoms with E-state index in [1.165, 1.54) is 6.07 Å². The monoisotopic (exact) mass is 412 g/mol. The van der Waals surface area contributed by atoms with E-state index < -0.39 is 5.97 Å². The number of carbonyl (C=O) groups is 1. The minimum atomic E-state index is -0.795. The lowest BCUT2D eigenvalue weighted by molar-refractivity contribution is -0.147. The first-order valence-electron chi connectivity index (χ1n) is 9.59. The maximum Gasteiger partial charge on any atom is 0.306 e. The minimum absolute atomic E-state index is 0.173. The number of hydrogen-bond donors (Lipinski definition) is 1. The van der Waals surface area contributed by atoms with Crippen molar-refractivity contribution < 1.29 is 19.1 Å². The summed E-state index contributed by atoms with van der Waals surface area (Å²) in [7, 11) is 0. The van der Waals surface area contributed by atoms with E-state index in [9.17, 15) is 9.59 Å². The topological polar surface area (TPSA) is 76.7 Å². The predicted molar refractivity (Wildman–Crippen MR) is 112 cm³/mol. The highest BCUT2D eigenvalue weighted by atomic mass is 35.5. The van der Waals surface area contributed by atoms with Crippen LogP contribution in [0.1, 0.15) is 38.2 Å². The number of halogens is 1. The average Bonchev–Trinajstić information content (AvgIpc) is 2.64. The van der Waals surface area contributed by atoms with Gasteiger partial charge in [-0.3, -0.25) is 9.59 Å². The summed E-state index contributed by atoms with van der Waals surface area (Å²) in [6.45, 7) is 4.16. The molecule has 5 nitrogen and oxygen atoms in total. The van der Waals surface area contributed by atoms with Gasteiger partial charge in [0.1, 0.15) is 17.6 Å². The van der Waals surface area contributed by atoms with Crippen LogP contribution in [0.4, 0.5) is 0 Å². The summed E-state index contributed by atoms with van der Waals surface area (Å²) in [5.41, 5.74) is 1.88. The highest BCUT2D eigenvalue weighted by Crippen LogP contribution is 2.38. The fourth-order valence-corrected chi connectivity index (χ4v) is 3.73. The van der Waals surface area contributed by atoms with Crippen molar-refractivity contribution in [3.05, 3.63) is 63.3 Å². The number of rotatable bonds is 5. The summed E-state index contributed by atoms with van der Waals surface area (Å²) in [6.07, 6.45) is 0.760. The predicted octanol–water partition coefficient (Wildman–Crippen LogP) is 5.48. The van der Waals surface area contributed by atoms with Crippen LogP contribution in [0.3, 0.4) is 0 Å². The zero-order valence-corrected chi connectivity index (χ0v) is 16.9. The molecule has 1 aliphatic rings. The molecular formula is C23H21ClO5. The lowest BCUT2D eigenvalue weighted by Gasteiger charge is -2.33. The van der Waals surface area contributed by atoms with Gasteiger partial charge in [0, 0.05) is 6.07 Å². The van der Waals surface area contributed by atoms with Crippen molar-refractivity contribution in [1.29, 1.82) is 0 Å². The van der Waals surface area contributed by atoms with Crippen molar-refractivity contribution in [2.45, 2.75) is 38.7 Å². The van der Waals surface area contributed by atoms with Crippen molar-refractivity contribution in [1.82, 2.24) is 0 Å². The molecule has 1 heterocycles. The summed E-state index contributed by atoms with van der Waals surface area (Å²) >= 11 is 6.24. The number of carboxylic acid groups (broad SMARTS) is 1. The Hall–Kier alpha value is -2.79. The summed E-state index contributed by atoms with van der Waals surface area (Å²) in [5.74, 6) is 0.0810. The molecule has 2 aromatic carbocycles. The number of benzene rings is 2. The largest absolute Gasteiger partial charge is 0.490 e. The van der Waals surface area contributed by atoms with Crippen LogP contribution >= 0.6 is 11.6 Å². The van der Waals surface area contributed by atoms with E-state index in [2.05, 4.69) is 13.8 Å². The number of carboxylic acids is 1. The van der Waals surface area contributed by atoms with Crippen LogP contribution in [0.15, 0.2) is 51.7 Å². The first-order valence-corrected chi connectivity index (χ1v) is 9.97. The first-order chi connectivity index (χ1) is 13.8. The molecule has 4 rings (SSSR count). The maximum absolute atomic E-state index is 12.6. The zero-order chi connectivity index (χ0) is 20.7. The van der Waals surface area contributed by atoms with Crippen LogP contribution in [0.25, 0.3) is 22.3 Å². The lowest BCUT2D eigenvalue weighted by Crippen LogP contribution is -2.38. The molecule has 0 atom stereocenters. The van der Waals surface area contributed by atoms with Crippen molar-refractivity contribution in [2.24, 2.45) is 5.92 Å². The average molecular weight is 413 g/mol. The van der Waals surface area contributed by atoms with Gasteiger partial charge in [0.15, 0.2) is 11.0 Å². The van der Waals surface area contributed by atoms with Gasteiger partial charge in [0.05, 0.1) is 21.9 Å². The van der Waals surface area contributed by atoms with E-state index >= 15 is 0 Å². The van der Waals surface area contributed by atoms with Gasteiger partial charge in [0.25, 0.3) is 0 Å². The second-order valence-corrected chi connectivity index (χ2v) is 8.16. The highest BCUT2D eigenvalue weighted by Gasteiger charge is 2.36. The Labute approximate surface area is 172 Å². The number of fused-ring (bicyclic) bond motifs is 1. The molecule has 3 aromatic rings. The van der Waals surface area contributed by atoms with Crippen molar-refractivity contribution >= 4 is 28.5 Å². The van der Waals surface area contributed by atoms with Crippen LogP contribution < -0.4 is 10.2 Å². The Balaban J connectivity index is 1.77. The number of ether oxygens (including phenoxy) is 1. The molecule has 1 aromatic heterocycles. The molecule has 0 aliphatic heterocycles. The molecule has 6 heteroatoms. The van der Waals surface area contributed by atoms with Gasteiger partial charge in [-0.2, -0.15) is 0 Å². The molecule has 150 valence electrons. The van der Waals surface area contributed by atoms with Gasteiger partial charge in [-0.25, -0.2) is 0 Å². The fraction of sp³-hybridized carbons (Fsp3) is 0.304. The Morgan fingerprint density at radius 3 is 2.66 bits per heavy atom. The fourth-order valence-electron chi connectivity index (χ4n) is 3.52. The van der Waals surface area contributed by atoms with E-state index in [0.717, 1.165) is 5.56 Å². The first kappa shape index (κ1) is 19.5. The molecule has 0 bridgehead atoms. The lowest BCUT2D eigenvalue weighted by atomic mass is 9.82. The molecule has 1 saturated carbocycles. The second-order valence-electron chi connectivity index (χ2n) is 7.75. The van der Waals surface area contributed by atoms with E-state index in [-0.39, 0.29) is 23.4 Å². The van der Waals surface area contributed by atoms with Crippen LogP contribution in [-0.2, 0) is 4.79 Å². The summed E-state index contributed by atoms with van der Waals surface area (Å²) in [6, 6.07) is 12.3. The molecule has 1 N–H and O–H groups in total. The van der Waals surface area contributed by atoms with E-state index in [1.807, 2.05) is 18.2 Å². The Kier molecular flexibility index (Phi) is 5.09. The van der Waals surface area contributed by atoms with E-state index in [4.69, 9.17) is 25.9 Å². The van der Waals surface area contributed by atoms with Gasteiger partial charge in [-0.1, -0.05) is 37.6 Å². The summed E-state index contributed by atoms with van der Waals surface area (Å²) < 4.78 is 12.1. The molecule has 1 aliphatic carbocycles. The summed E-state index contributed by atoms with van der Waals surface area (Å²) in [4.78, 5) is 23.7. The minimum Gasteiger partial charge on any atom is -0.490 e. The third-order valence-corrected chi connectivity index (χ3v) is 5.68. The molecule has 0 amide bonds. The SMILES string of the molecule is CC(C)c1ccc(-c2cc(=O)c3cccc(Cl)c3o2)c(O[C@H]2C[C@@H](C(=O)O)C2)c1. The number of aliphatic carboxylic acids is 1. The molecule has 0 unspecified atom stereocenters. The molecule has 1 fully saturated rings. The molecule has 29 heavy (non-hydrogen) atoms. The van der Waals surface area contributed by atoms with Crippen molar-refractivity contribution in [3.63, 3.8) is 0 Å². The van der Waals surface area contributed by atoms with E-state index in [0.29, 0.717) is 45.9 Å². The zero-order valence-electron chi connectivity index (χ0n) is 16.1. The molecule has 0 radical (unpaired) electrons. The third-order valence-electron chi connectivity index (χ3n) is 5.38. The maximum atomic E-state index is 12.6. The second kappa shape index (κ2) is 7.56. The third kappa shape index (κ3) is 3.75.